The van der Waals surface area contributed by atoms with Gasteiger partial charge in [-0.3, -0.25) is 0 Å². The van der Waals surface area contributed by atoms with Crippen LogP contribution in [0.2, 0.25) is 5.02 Å². The molecule has 0 bridgehead atoms. The Labute approximate surface area is 111 Å². The molecule has 0 amide bonds. The van der Waals surface area contributed by atoms with Crippen LogP contribution in [-0.4, -0.2) is 36.2 Å². The smallest absolute Gasteiger partial charge is 0.215 e. The summed E-state index contributed by atoms with van der Waals surface area (Å²) < 4.78 is 1.48. The molecule has 0 atom stereocenters. The summed E-state index contributed by atoms with van der Waals surface area (Å²) >= 11 is 7.30. The largest absolute Gasteiger partial charge is 0.409 e. The number of amidine groups is 1. The Morgan fingerprint density at radius 1 is 1.61 bits per heavy atom. The monoisotopic (exact) mass is 285 g/mol. The number of hydrogen-bond acceptors (Lipinski definition) is 7. The van der Waals surface area contributed by atoms with Crippen molar-refractivity contribution in [3.63, 3.8) is 0 Å². The molecule has 0 fully saturated rings. The molecule has 2 aromatic heterocycles. The molecule has 0 aromatic carbocycles. The normalized spacial score (nSPS) is 11.8. The SMILES string of the molecule is Cn1nnnc1Sc1nccc(/C(N)=N/O)c1Cl. The third-order valence-corrected chi connectivity index (χ3v) is 3.54. The van der Waals surface area contributed by atoms with Gasteiger partial charge in [-0.25, -0.2) is 9.67 Å². The van der Waals surface area contributed by atoms with Crippen molar-refractivity contribution >= 4 is 29.2 Å². The van der Waals surface area contributed by atoms with Gasteiger partial charge in [-0.2, -0.15) is 0 Å². The first-order valence-corrected chi connectivity index (χ1v) is 5.85. The van der Waals surface area contributed by atoms with Crippen LogP contribution in [0.3, 0.4) is 0 Å². The van der Waals surface area contributed by atoms with E-state index in [1.54, 1.807) is 13.1 Å². The summed E-state index contributed by atoms with van der Waals surface area (Å²) in [6.07, 6.45) is 1.51. The van der Waals surface area contributed by atoms with Crippen LogP contribution in [0.15, 0.2) is 27.6 Å². The predicted molar refractivity (Wildman–Crippen MR) is 64.7 cm³/mol. The van der Waals surface area contributed by atoms with Gasteiger partial charge in [0.25, 0.3) is 0 Å². The second-order valence-electron chi connectivity index (χ2n) is 3.15. The molecule has 0 unspecified atom stereocenters. The van der Waals surface area contributed by atoms with E-state index in [-0.39, 0.29) is 10.9 Å². The van der Waals surface area contributed by atoms with E-state index >= 15 is 0 Å². The topological polar surface area (TPSA) is 115 Å². The molecule has 0 aliphatic rings. The molecule has 0 saturated carbocycles. The van der Waals surface area contributed by atoms with Crippen molar-refractivity contribution in [1.82, 2.24) is 25.2 Å². The molecule has 0 aliphatic heterocycles. The number of nitrogens with zero attached hydrogens (tertiary/aromatic N) is 6. The third-order valence-electron chi connectivity index (χ3n) is 2.01. The first-order valence-electron chi connectivity index (χ1n) is 4.66. The third kappa shape index (κ3) is 2.36. The van der Waals surface area contributed by atoms with E-state index in [2.05, 4.69) is 25.7 Å². The summed E-state index contributed by atoms with van der Waals surface area (Å²) in [6.45, 7) is 0. The van der Waals surface area contributed by atoms with Crippen molar-refractivity contribution < 1.29 is 5.21 Å². The van der Waals surface area contributed by atoms with Crippen LogP contribution in [0, 0.1) is 0 Å². The number of rotatable bonds is 3. The minimum absolute atomic E-state index is 0.0830. The van der Waals surface area contributed by atoms with E-state index < -0.39 is 0 Å². The highest BCUT2D eigenvalue weighted by Crippen LogP contribution is 2.31. The van der Waals surface area contributed by atoms with Crippen LogP contribution < -0.4 is 5.73 Å². The number of halogens is 1. The highest BCUT2D eigenvalue weighted by molar-refractivity contribution is 7.99. The van der Waals surface area contributed by atoms with Crippen LogP contribution in [0.4, 0.5) is 0 Å². The minimum Gasteiger partial charge on any atom is -0.409 e. The zero-order valence-electron chi connectivity index (χ0n) is 9.15. The molecular formula is C8H8ClN7OS. The van der Waals surface area contributed by atoms with Gasteiger partial charge in [0.05, 0.1) is 5.02 Å². The highest BCUT2D eigenvalue weighted by atomic mass is 35.5. The fourth-order valence-corrected chi connectivity index (χ4v) is 2.20. The van der Waals surface area contributed by atoms with Gasteiger partial charge < -0.3 is 10.9 Å². The lowest BCUT2D eigenvalue weighted by Gasteiger charge is -2.05. The predicted octanol–water partition coefficient (Wildman–Crippen LogP) is 0.504. The fraction of sp³-hybridized carbons (Fsp3) is 0.125. The maximum atomic E-state index is 8.64. The molecular weight excluding hydrogens is 278 g/mol. The van der Waals surface area contributed by atoms with Crippen molar-refractivity contribution in [2.75, 3.05) is 0 Å². The van der Waals surface area contributed by atoms with E-state index in [1.807, 2.05) is 0 Å². The molecule has 3 N–H and O–H groups in total. The highest BCUT2D eigenvalue weighted by Gasteiger charge is 2.14. The van der Waals surface area contributed by atoms with E-state index in [9.17, 15) is 0 Å². The summed E-state index contributed by atoms with van der Waals surface area (Å²) in [5.41, 5.74) is 5.90. The summed E-state index contributed by atoms with van der Waals surface area (Å²) in [7, 11) is 1.70. The standard InChI is InChI=1S/C8H8ClN7OS/c1-16-8(12-14-15-16)18-7-5(9)4(2-3-11-7)6(10)13-17/h2-3,17H,1H3,(H2,10,13). The number of pyridine rings is 1. The van der Waals surface area contributed by atoms with Gasteiger partial charge in [-0.15, -0.1) is 5.10 Å². The van der Waals surface area contributed by atoms with Crippen LogP contribution in [-0.2, 0) is 7.05 Å². The molecule has 0 spiro atoms. The maximum absolute atomic E-state index is 8.64. The van der Waals surface area contributed by atoms with E-state index in [1.165, 1.54) is 22.6 Å². The number of oxime groups is 1. The molecule has 94 valence electrons. The van der Waals surface area contributed by atoms with Crippen molar-refractivity contribution in [2.24, 2.45) is 17.9 Å². The second kappa shape index (κ2) is 5.19. The van der Waals surface area contributed by atoms with E-state index in [4.69, 9.17) is 22.5 Å². The zero-order valence-corrected chi connectivity index (χ0v) is 10.7. The number of nitrogens with two attached hydrogens (primary N) is 1. The van der Waals surface area contributed by atoms with Gasteiger partial charge >= 0.3 is 0 Å². The van der Waals surface area contributed by atoms with E-state index in [0.29, 0.717) is 15.7 Å². The molecule has 0 saturated heterocycles. The van der Waals surface area contributed by atoms with Crippen molar-refractivity contribution in [1.29, 1.82) is 0 Å². The Bertz CT molecular complexity index is 599. The number of aryl methyl sites for hydroxylation is 1. The quantitative estimate of drug-likeness (QED) is 0.365. The average Bonchev–Trinajstić information content (AvgIpc) is 2.77. The van der Waals surface area contributed by atoms with Crippen molar-refractivity contribution in [3.05, 3.63) is 22.8 Å². The van der Waals surface area contributed by atoms with Crippen LogP contribution in [0.1, 0.15) is 5.56 Å². The molecule has 0 radical (unpaired) electrons. The molecule has 2 aromatic rings. The van der Waals surface area contributed by atoms with Crippen molar-refractivity contribution in [3.8, 4) is 0 Å². The Morgan fingerprint density at radius 2 is 2.39 bits per heavy atom. The van der Waals surface area contributed by atoms with Crippen LogP contribution in [0.5, 0.6) is 0 Å². The number of hydrogen-bond donors (Lipinski definition) is 2. The van der Waals surface area contributed by atoms with Gasteiger partial charge in [0.1, 0.15) is 5.03 Å². The lowest BCUT2D eigenvalue weighted by molar-refractivity contribution is 0.318. The summed E-state index contributed by atoms with van der Waals surface area (Å²) in [6, 6.07) is 1.55. The van der Waals surface area contributed by atoms with Crippen LogP contribution >= 0.6 is 23.4 Å². The summed E-state index contributed by atoms with van der Waals surface area (Å²) in [5, 5.41) is 23.8. The average molecular weight is 286 g/mol. The molecule has 0 aliphatic carbocycles. The van der Waals surface area contributed by atoms with Crippen LogP contribution in [0.25, 0.3) is 0 Å². The Hall–Kier alpha value is -1.87. The zero-order chi connectivity index (χ0) is 13.1. The molecule has 10 heteroatoms. The first-order chi connectivity index (χ1) is 8.63. The molecule has 2 rings (SSSR count). The second-order valence-corrected chi connectivity index (χ2v) is 4.48. The van der Waals surface area contributed by atoms with Gasteiger partial charge in [-0.1, -0.05) is 16.8 Å². The number of aromatic nitrogens is 5. The lowest BCUT2D eigenvalue weighted by Crippen LogP contribution is -2.14. The minimum atomic E-state index is -0.0830. The summed E-state index contributed by atoms with van der Waals surface area (Å²) in [5.74, 6) is -0.0830. The Balaban J connectivity index is 2.38. The Morgan fingerprint density at radius 3 is 3.00 bits per heavy atom. The van der Waals surface area contributed by atoms with Gasteiger partial charge in [0.2, 0.25) is 5.16 Å². The van der Waals surface area contributed by atoms with Gasteiger partial charge in [-0.05, 0) is 28.3 Å². The lowest BCUT2D eigenvalue weighted by atomic mass is 10.2. The van der Waals surface area contributed by atoms with Gasteiger partial charge in [0, 0.05) is 18.8 Å². The molecule has 18 heavy (non-hydrogen) atoms. The number of tetrazole rings is 1. The van der Waals surface area contributed by atoms with Crippen molar-refractivity contribution in [2.45, 2.75) is 10.2 Å². The summed E-state index contributed by atoms with van der Waals surface area (Å²) in [4.78, 5) is 4.10. The Kier molecular flexibility index (Phi) is 3.63. The molecule has 2 heterocycles. The maximum Gasteiger partial charge on any atom is 0.215 e. The van der Waals surface area contributed by atoms with Gasteiger partial charge in [0.15, 0.2) is 5.84 Å². The van der Waals surface area contributed by atoms with E-state index in [0.717, 1.165) is 0 Å². The molecule has 8 nitrogen and oxygen atoms in total. The fourth-order valence-electron chi connectivity index (χ4n) is 1.14. The first kappa shape index (κ1) is 12.6.